The lowest BCUT2D eigenvalue weighted by atomic mass is 9.72. The van der Waals surface area contributed by atoms with E-state index in [0.717, 1.165) is 43.1 Å². The van der Waals surface area contributed by atoms with Gasteiger partial charge in [0.1, 0.15) is 5.78 Å². The Balaban J connectivity index is 1.73. The number of methoxy groups -OCH3 is 1. The average molecular weight is 419 g/mol. The third-order valence-corrected chi connectivity index (χ3v) is 6.76. The van der Waals surface area contributed by atoms with E-state index in [1.807, 2.05) is 13.0 Å². The number of rotatable bonds is 12. The fourth-order valence-corrected chi connectivity index (χ4v) is 4.22. The Labute approximate surface area is 180 Å². The Hall–Kier alpha value is -1.63. The Morgan fingerprint density at radius 1 is 1.37 bits per heavy atom. The summed E-state index contributed by atoms with van der Waals surface area (Å²) in [5.74, 6) is 2.53. The summed E-state index contributed by atoms with van der Waals surface area (Å²) in [7, 11) is 1.66. The van der Waals surface area contributed by atoms with Gasteiger partial charge in [-0.3, -0.25) is 4.79 Å². The lowest BCUT2D eigenvalue weighted by Crippen LogP contribution is -2.42. The fraction of sp³-hybridized carbons (Fsp3) is 0.708. The maximum absolute atomic E-state index is 12.1. The number of nitrogens with zero attached hydrogens (tertiary/aromatic N) is 1. The number of carbonyl (C=O) groups excluding carboxylic acids is 1. The van der Waals surface area contributed by atoms with Gasteiger partial charge in [-0.15, -0.1) is 0 Å². The Bertz CT molecular complexity index is 719. The van der Waals surface area contributed by atoms with Crippen LogP contribution in [0, 0.1) is 11.3 Å². The molecule has 1 saturated carbocycles. The first-order chi connectivity index (χ1) is 14.4. The van der Waals surface area contributed by atoms with E-state index in [0.29, 0.717) is 25.4 Å². The Kier molecular flexibility index (Phi) is 7.77. The molecule has 1 aromatic rings. The lowest BCUT2D eigenvalue weighted by Gasteiger charge is -2.34. The van der Waals surface area contributed by atoms with E-state index in [2.05, 4.69) is 36.4 Å². The Morgan fingerprint density at radius 3 is 2.77 bits per heavy atom. The third-order valence-electron chi connectivity index (χ3n) is 6.76. The summed E-state index contributed by atoms with van der Waals surface area (Å²) in [6.45, 7) is 8.57. The van der Waals surface area contributed by atoms with Crippen LogP contribution in [0.5, 0.6) is 11.5 Å². The SMILES string of the molecule is CCCCC(=O)CNN1C[C@@H](c2ccc(OC)c(OCC3CC3)c2)[C@](C)([C@@H](C)O)C1. The van der Waals surface area contributed by atoms with Crippen molar-refractivity contribution in [2.24, 2.45) is 11.3 Å². The standard InChI is InChI=1S/C24H38N2O4/c1-5-6-7-20(28)13-25-26-14-21(24(3,16-26)17(2)27)19-10-11-22(29-4)23(12-19)30-15-18-8-9-18/h10-12,17-18,21,25,27H,5-9,13-16H2,1-4H3/t17-,21+,24+/m1/s1. The van der Waals surface area contributed by atoms with Gasteiger partial charge in [0.2, 0.25) is 0 Å². The summed E-state index contributed by atoms with van der Waals surface area (Å²) >= 11 is 0. The van der Waals surface area contributed by atoms with Crippen molar-refractivity contribution in [1.29, 1.82) is 0 Å². The smallest absolute Gasteiger partial charge is 0.161 e. The zero-order valence-corrected chi connectivity index (χ0v) is 18.9. The van der Waals surface area contributed by atoms with Crippen molar-refractivity contribution in [2.75, 3.05) is 33.4 Å². The topological polar surface area (TPSA) is 71.0 Å². The number of hydrazine groups is 1. The molecular formula is C24H38N2O4. The number of unbranched alkanes of at least 4 members (excludes halogenated alkanes) is 1. The van der Waals surface area contributed by atoms with Crippen LogP contribution in [0.2, 0.25) is 0 Å². The molecule has 1 aliphatic carbocycles. The van der Waals surface area contributed by atoms with Gasteiger partial charge in [-0.1, -0.05) is 26.3 Å². The molecule has 0 spiro atoms. The molecule has 0 aromatic heterocycles. The molecule has 1 heterocycles. The normalized spacial score (nSPS) is 25.3. The van der Waals surface area contributed by atoms with E-state index in [1.54, 1.807) is 7.11 Å². The first-order valence-corrected chi connectivity index (χ1v) is 11.4. The van der Waals surface area contributed by atoms with Crippen molar-refractivity contribution in [3.05, 3.63) is 23.8 Å². The molecule has 1 saturated heterocycles. The first-order valence-electron chi connectivity index (χ1n) is 11.4. The van der Waals surface area contributed by atoms with Crippen molar-refractivity contribution in [3.63, 3.8) is 0 Å². The summed E-state index contributed by atoms with van der Waals surface area (Å²) in [6.07, 6.45) is 4.58. The summed E-state index contributed by atoms with van der Waals surface area (Å²) in [6, 6.07) is 6.11. The highest BCUT2D eigenvalue weighted by atomic mass is 16.5. The lowest BCUT2D eigenvalue weighted by molar-refractivity contribution is -0.119. The zero-order valence-electron chi connectivity index (χ0n) is 18.9. The van der Waals surface area contributed by atoms with Crippen LogP contribution in [-0.4, -0.2) is 55.4 Å². The maximum Gasteiger partial charge on any atom is 0.161 e. The van der Waals surface area contributed by atoms with Gasteiger partial charge < -0.3 is 14.6 Å². The van der Waals surface area contributed by atoms with E-state index in [1.165, 1.54) is 12.8 Å². The molecule has 1 aliphatic heterocycles. The maximum atomic E-state index is 12.1. The van der Waals surface area contributed by atoms with Crippen molar-refractivity contribution in [2.45, 2.75) is 64.9 Å². The van der Waals surface area contributed by atoms with Crippen LogP contribution < -0.4 is 14.9 Å². The highest BCUT2D eigenvalue weighted by Crippen LogP contribution is 2.46. The van der Waals surface area contributed by atoms with Crippen LogP contribution in [0.4, 0.5) is 0 Å². The molecule has 168 valence electrons. The molecule has 1 aromatic carbocycles. The zero-order chi connectivity index (χ0) is 21.7. The molecule has 6 heteroatoms. The molecule has 0 amide bonds. The van der Waals surface area contributed by atoms with Gasteiger partial charge in [0.25, 0.3) is 0 Å². The molecule has 0 bridgehead atoms. The second-order valence-corrected chi connectivity index (χ2v) is 9.26. The predicted molar refractivity (Wildman–Crippen MR) is 118 cm³/mol. The molecule has 2 N–H and O–H groups in total. The third kappa shape index (κ3) is 5.54. The minimum Gasteiger partial charge on any atom is -0.493 e. The number of carbonyl (C=O) groups is 1. The largest absolute Gasteiger partial charge is 0.493 e. The van der Waals surface area contributed by atoms with E-state index in [9.17, 15) is 9.90 Å². The van der Waals surface area contributed by atoms with Gasteiger partial charge in [-0.05, 0) is 49.8 Å². The van der Waals surface area contributed by atoms with Gasteiger partial charge in [0.15, 0.2) is 11.5 Å². The summed E-state index contributed by atoms with van der Waals surface area (Å²) in [4.78, 5) is 12.1. The van der Waals surface area contributed by atoms with E-state index >= 15 is 0 Å². The quantitative estimate of drug-likeness (QED) is 0.541. The van der Waals surface area contributed by atoms with Crippen molar-refractivity contribution in [1.82, 2.24) is 10.4 Å². The summed E-state index contributed by atoms with van der Waals surface area (Å²) < 4.78 is 11.6. The minimum absolute atomic E-state index is 0.116. The van der Waals surface area contributed by atoms with Crippen LogP contribution in [-0.2, 0) is 4.79 Å². The van der Waals surface area contributed by atoms with E-state index < -0.39 is 6.10 Å². The molecule has 3 rings (SSSR count). The van der Waals surface area contributed by atoms with Crippen molar-refractivity contribution < 1.29 is 19.4 Å². The number of aliphatic hydroxyl groups excluding tert-OH is 1. The number of hydrogen-bond acceptors (Lipinski definition) is 6. The number of Topliss-reactive ketones (excluding diaryl/α,β-unsaturated/α-hetero) is 1. The first kappa shape index (κ1) is 23.0. The monoisotopic (exact) mass is 418 g/mol. The molecule has 6 nitrogen and oxygen atoms in total. The molecule has 0 unspecified atom stereocenters. The van der Waals surface area contributed by atoms with Gasteiger partial charge >= 0.3 is 0 Å². The van der Waals surface area contributed by atoms with Crippen LogP contribution in [0.25, 0.3) is 0 Å². The van der Waals surface area contributed by atoms with Gasteiger partial charge in [0, 0.05) is 30.8 Å². The van der Waals surface area contributed by atoms with Gasteiger partial charge in [0.05, 0.1) is 26.4 Å². The number of ether oxygens (including phenoxy) is 2. The van der Waals surface area contributed by atoms with Gasteiger partial charge in [-0.25, -0.2) is 10.4 Å². The van der Waals surface area contributed by atoms with Crippen LogP contribution in [0.1, 0.15) is 64.4 Å². The number of ketones is 1. The van der Waals surface area contributed by atoms with Crippen molar-refractivity contribution >= 4 is 5.78 Å². The molecule has 0 radical (unpaired) electrons. The second kappa shape index (κ2) is 10.1. The highest BCUT2D eigenvalue weighted by Gasteiger charge is 2.47. The van der Waals surface area contributed by atoms with Crippen LogP contribution in [0.15, 0.2) is 18.2 Å². The van der Waals surface area contributed by atoms with Crippen LogP contribution >= 0.6 is 0 Å². The molecule has 2 aliphatic rings. The number of aliphatic hydroxyl groups is 1. The van der Waals surface area contributed by atoms with Crippen LogP contribution in [0.3, 0.4) is 0 Å². The summed E-state index contributed by atoms with van der Waals surface area (Å²) in [5, 5.41) is 12.7. The number of nitrogens with one attached hydrogen (secondary N) is 1. The molecule has 30 heavy (non-hydrogen) atoms. The summed E-state index contributed by atoms with van der Waals surface area (Å²) in [5.41, 5.74) is 4.10. The molecular weight excluding hydrogens is 380 g/mol. The second-order valence-electron chi connectivity index (χ2n) is 9.26. The highest BCUT2D eigenvalue weighted by molar-refractivity contribution is 5.80. The number of hydrogen-bond donors (Lipinski definition) is 2. The number of benzene rings is 1. The predicted octanol–water partition coefficient (Wildman–Crippen LogP) is 3.53. The minimum atomic E-state index is -0.483. The van der Waals surface area contributed by atoms with E-state index in [4.69, 9.17) is 9.47 Å². The average Bonchev–Trinajstić information content (AvgIpc) is 3.50. The Morgan fingerprint density at radius 2 is 2.13 bits per heavy atom. The van der Waals surface area contributed by atoms with Crippen molar-refractivity contribution in [3.8, 4) is 11.5 Å². The fourth-order valence-electron chi connectivity index (χ4n) is 4.22. The molecule has 2 fully saturated rings. The van der Waals surface area contributed by atoms with Gasteiger partial charge in [-0.2, -0.15) is 0 Å². The molecule has 3 atom stereocenters. The van der Waals surface area contributed by atoms with E-state index in [-0.39, 0.29) is 17.1 Å².